The molecule has 0 spiro atoms. The van der Waals surface area contributed by atoms with Crippen LogP contribution in [0.5, 0.6) is 0 Å². The molecule has 0 aliphatic heterocycles. The van der Waals surface area contributed by atoms with E-state index in [4.69, 9.17) is 0 Å². The van der Waals surface area contributed by atoms with Crippen LogP contribution in [0.3, 0.4) is 0 Å². The molecule has 1 aromatic carbocycles. The highest BCUT2D eigenvalue weighted by molar-refractivity contribution is 14.0. The van der Waals surface area contributed by atoms with Gasteiger partial charge >= 0.3 is 0 Å². The third-order valence-corrected chi connectivity index (χ3v) is 3.90. The number of non-ortho nitro benzene ring substituents is 1. The van der Waals surface area contributed by atoms with Crippen molar-refractivity contribution < 1.29 is 4.92 Å². The second-order valence-electron chi connectivity index (χ2n) is 6.47. The molecular formula is C18H32IN5O2. The number of nitrogens with one attached hydrogen (secondary N) is 2. The van der Waals surface area contributed by atoms with E-state index in [9.17, 15) is 10.1 Å². The molecule has 0 aromatic heterocycles. The van der Waals surface area contributed by atoms with Crippen molar-refractivity contribution in [1.29, 1.82) is 0 Å². The Morgan fingerprint density at radius 2 is 1.73 bits per heavy atom. The quantitative estimate of drug-likeness (QED) is 0.187. The van der Waals surface area contributed by atoms with E-state index in [-0.39, 0.29) is 29.7 Å². The molecule has 2 N–H and O–H groups in total. The standard InChI is InChI=1S/C18H31N5O2.HI/c1-6-19-18(20-11-12-22(14(2)3)15(4)5)21-13-16-7-9-17(10-8-16)23(24)25;/h7-10,14-15H,6,11-13H2,1-5H3,(H2,19,20,21);1H. The number of rotatable bonds is 9. The number of hydrogen-bond acceptors (Lipinski definition) is 4. The van der Waals surface area contributed by atoms with Gasteiger partial charge in [-0.3, -0.25) is 15.0 Å². The molecule has 0 amide bonds. The van der Waals surface area contributed by atoms with Gasteiger partial charge in [-0.1, -0.05) is 12.1 Å². The zero-order chi connectivity index (χ0) is 18.8. The predicted octanol–water partition coefficient (Wildman–Crippen LogP) is 3.39. The van der Waals surface area contributed by atoms with Gasteiger partial charge in [-0.25, -0.2) is 4.99 Å². The maximum absolute atomic E-state index is 10.7. The van der Waals surface area contributed by atoms with Gasteiger partial charge in [-0.2, -0.15) is 0 Å². The molecule has 0 heterocycles. The van der Waals surface area contributed by atoms with Crippen molar-refractivity contribution >= 4 is 35.6 Å². The number of nitro groups is 1. The molecule has 8 heteroatoms. The van der Waals surface area contributed by atoms with E-state index in [0.29, 0.717) is 18.6 Å². The molecule has 0 atom stereocenters. The second-order valence-corrected chi connectivity index (χ2v) is 6.47. The summed E-state index contributed by atoms with van der Waals surface area (Å²) in [6.45, 7) is 13.8. The van der Waals surface area contributed by atoms with Crippen molar-refractivity contribution in [2.75, 3.05) is 19.6 Å². The van der Waals surface area contributed by atoms with Crippen LogP contribution in [0.2, 0.25) is 0 Å². The third kappa shape index (κ3) is 8.79. The molecule has 0 unspecified atom stereocenters. The average Bonchev–Trinajstić information content (AvgIpc) is 2.56. The lowest BCUT2D eigenvalue weighted by Crippen LogP contribution is -2.45. The molecule has 1 rings (SSSR count). The maximum Gasteiger partial charge on any atom is 0.269 e. The van der Waals surface area contributed by atoms with Crippen molar-refractivity contribution in [2.45, 2.75) is 53.2 Å². The van der Waals surface area contributed by atoms with E-state index in [1.807, 2.05) is 6.92 Å². The van der Waals surface area contributed by atoms with Crippen LogP contribution in [-0.4, -0.2) is 47.5 Å². The van der Waals surface area contributed by atoms with Crippen LogP contribution >= 0.6 is 24.0 Å². The Morgan fingerprint density at radius 3 is 2.19 bits per heavy atom. The van der Waals surface area contributed by atoms with E-state index in [1.165, 1.54) is 12.1 Å². The minimum absolute atomic E-state index is 0. The van der Waals surface area contributed by atoms with Gasteiger partial charge in [0.15, 0.2) is 5.96 Å². The van der Waals surface area contributed by atoms with Crippen molar-refractivity contribution in [3.63, 3.8) is 0 Å². The Kier molecular flexibility index (Phi) is 12.2. The summed E-state index contributed by atoms with van der Waals surface area (Å²) in [5.41, 5.74) is 1.04. The first-order valence-electron chi connectivity index (χ1n) is 8.86. The van der Waals surface area contributed by atoms with Crippen molar-refractivity contribution in [1.82, 2.24) is 15.5 Å². The second kappa shape index (κ2) is 12.9. The van der Waals surface area contributed by atoms with Crippen LogP contribution in [0.1, 0.15) is 40.2 Å². The summed E-state index contributed by atoms with van der Waals surface area (Å²) in [6, 6.07) is 7.50. The number of nitrogens with zero attached hydrogens (tertiary/aromatic N) is 3. The minimum Gasteiger partial charge on any atom is -0.357 e. The van der Waals surface area contributed by atoms with Crippen LogP contribution in [0.25, 0.3) is 0 Å². The zero-order valence-electron chi connectivity index (χ0n) is 16.4. The van der Waals surface area contributed by atoms with Crippen LogP contribution in [0.4, 0.5) is 5.69 Å². The first-order chi connectivity index (χ1) is 11.8. The summed E-state index contributed by atoms with van der Waals surface area (Å²) >= 11 is 0. The molecular weight excluding hydrogens is 445 g/mol. The summed E-state index contributed by atoms with van der Waals surface area (Å²) in [6.07, 6.45) is 0. The largest absolute Gasteiger partial charge is 0.357 e. The van der Waals surface area contributed by atoms with E-state index in [1.54, 1.807) is 12.1 Å². The number of nitro benzene ring substituents is 1. The molecule has 148 valence electrons. The number of hydrogen-bond donors (Lipinski definition) is 2. The molecule has 26 heavy (non-hydrogen) atoms. The van der Waals surface area contributed by atoms with Gasteiger partial charge in [0.05, 0.1) is 11.5 Å². The molecule has 0 radical (unpaired) electrons. The monoisotopic (exact) mass is 477 g/mol. The molecule has 7 nitrogen and oxygen atoms in total. The predicted molar refractivity (Wildman–Crippen MR) is 118 cm³/mol. The van der Waals surface area contributed by atoms with E-state index >= 15 is 0 Å². The highest BCUT2D eigenvalue weighted by Crippen LogP contribution is 2.12. The first kappa shape index (κ1) is 24.6. The van der Waals surface area contributed by atoms with Gasteiger partial charge in [0.1, 0.15) is 0 Å². The van der Waals surface area contributed by atoms with E-state index < -0.39 is 4.92 Å². The number of aliphatic imine (C=N–C) groups is 1. The zero-order valence-corrected chi connectivity index (χ0v) is 18.7. The third-order valence-electron chi connectivity index (χ3n) is 3.90. The average molecular weight is 477 g/mol. The van der Waals surface area contributed by atoms with Crippen LogP contribution in [-0.2, 0) is 6.54 Å². The van der Waals surface area contributed by atoms with Crippen molar-refractivity contribution in [2.24, 2.45) is 4.99 Å². The summed E-state index contributed by atoms with van der Waals surface area (Å²) < 4.78 is 0. The maximum atomic E-state index is 10.7. The minimum atomic E-state index is -0.395. The Labute approximate surface area is 173 Å². The van der Waals surface area contributed by atoms with Crippen LogP contribution in [0, 0.1) is 10.1 Å². The first-order valence-corrected chi connectivity index (χ1v) is 8.86. The number of halogens is 1. The van der Waals surface area contributed by atoms with Crippen LogP contribution in [0.15, 0.2) is 29.3 Å². The highest BCUT2D eigenvalue weighted by atomic mass is 127. The lowest BCUT2D eigenvalue weighted by Gasteiger charge is -2.30. The molecule has 0 aliphatic rings. The molecule has 0 fully saturated rings. The van der Waals surface area contributed by atoms with Crippen molar-refractivity contribution in [3.05, 3.63) is 39.9 Å². The van der Waals surface area contributed by atoms with Crippen LogP contribution < -0.4 is 10.6 Å². The summed E-state index contributed by atoms with van der Waals surface area (Å²) in [4.78, 5) is 17.3. The fraction of sp³-hybridized carbons (Fsp3) is 0.611. The normalized spacial score (nSPS) is 11.6. The van der Waals surface area contributed by atoms with Gasteiger partial charge in [-0.15, -0.1) is 24.0 Å². The summed E-state index contributed by atoms with van der Waals surface area (Å²) in [5.74, 6) is 0.758. The Balaban J connectivity index is 0.00000625. The Bertz CT molecular complexity index is 553. The Morgan fingerprint density at radius 1 is 1.15 bits per heavy atom. The fourth-order valence-electron chi connectivity index (χ4n) is 2.65. The highest BCUT2D eigenvalue weighted by Gasteiger charge is 2.12. The molecule has 0 saturated carbocycles. The SMILES string of the molecule is CCNC(=NCc1ccc([N+](=O)[O-])cc1)NCCN(C(C)C)C(C)C.I. The number of guanidine groups is 1. The number of benzene rings is 1. The molecule has 0 bridgehead atoms. The van der Waals surface area contributed by atoms with E-state index in [2.05, 4.69) is 48.2 Å². The topological polar surface area (TPSA) is 82.8 Å². The summed E-state index contributed by atoms with van der Waals surface area (Å²) in [7, 11) is 0. The molecule has 0 saturated heterocycles. The summed E-state index contributed by atoms with van der Waals surface area (Å²) in [5, 5.41) is 17.3. The van der Waals surface area contributed by atoms with Gasteiger partial charge in [0, 0.05) is 43.9 Å². The van der Waals surface area contributed by atoms with Gasteiger partial charge in [0.2, 0.25) is 0 Å². The smallest absolute Gasteiger partial charge is 0.269 e. The van der Waals surface area contributed by atoms with Gasteiger partial charge in [0.25, 0.3) is 5.69 Å². The molecule has 0 aliphatic carbocycles. The Hall–Kier alpha value is -1.42. The van der Waals surface area contributed by atoms with E-state index in [0.717, 1.165) is 31.2 Å². The van der Waals surface area contributed by atoms with Gasteiger partial charge in [-0.05, 0) is 40.2 Å². The van der Waals surface area contributed by atoms with Crippen molar-refractivity contribution in [3.8, 4) is 0 Å². The lowest BCUT2D eigenvalue weighted by molar-refractivity contribution is -0.384. The fourth-order valence-corrected chi connectivity index (χ4v) is 2.65. The van der Waals surface area contributed by atoms with Gasteiger partial charge < -0.3 is 10.6 Å². The lowest BCUT2D eigenvalue weighted by atomic mass is 10.2. The molecule has 1 aromatic rings.